The van der Waals surface area contributed by atoms with E-state index in [9.17, 15) is 10.1 Å². The van der Waals surface area contributed by atoms with Crippen molar-refractivity contribution in [2.24, 2.45) is 0 Å². The van der Waals surface area contributed by atoms with Crippen LogP contribution in [0.1, 0.15) is 27.2 Å². The molecule has 0 atom stereocenters. The Balaban J connectivity index is 1.80. The Morgan fingerprint density at radius 3 is 2.39 bits per heavy atom. The van der Waals surface area contributed by atoms with E-state index >= 15 is 0 Å². The molecule has 0 aliphatic heterocycles. The summed E-state index contributed by atoms with van der Waals surface area (Å²) in [5, 5.41) is 14.0. The van der Waals surface area contributed by atoms with Gasteiger partial charge in [-0.3, -0.25) is 4.79 Å². The van der Waals surface area contributed by atoms with Crippen LogP contribution in [0, 0.1) is 18.3 Å². The average molecular weight is 360 g/mol. The van der Waals surface area contributed by atoms with E-state index in [-0.39, 0.29) is 5.78 Å². The molecule has 0 fully saturated rings. The monoisotopic (exact) mass is 360 g/mol. The first-order chi connectivity index (χ1) is 13.7. The van der Waals surface area contributed by atoms with Gasteiger partial charge in [-0.15, -0.1) is 0 Å². The molecule has 28 heavy (non-hydrogen) atoms. The Bertz CT molecular complexity index is 1450. The van der Waals surface area contributed by atoms with Crippen molar-refractivity contribution in [3.63, 3.8) is 0 Å². The number of nitrogens with zero attached hydrogens (tertiary/aromatic N) is 2. The van der Waals surface area contributed by atoms with Crippen LogP contribution < -0.4 is 0 Å². The number of hydrogen-bond acceptors (Lipinski definition) is 2. The van der Waals surface area contributed by atoms with Crippen molar-refractivity contribution in [3.05, 3.63) is 101 Å². The SMILES string of the molecule is Cc1c(C#N)c2c3ccccc3ccn2c1C(=O)c1ccc2ccccc2c1. The van der Waals surface area contributed by atoms with Crippen molar-refractivity contribution in [2.75, 3.05) is 0 Å². The van der Waals surface area contributed by atoms with Crippen molar-refractivity contribution < 1.29 is 4.79 Å². The van der Waals surface area contributed by atoms with Crippen LogP contribution in [0.4, 0.5) is 0 Å². The molecule has 0 N–H and O–H groups in total. The Morgan fingerprint density at radius 1 is 0.893 bits per heavy atom. The van der Waals surface area contributed by atoms with E-state index in [1.807, 2.05) is 90.3 Å². The molecule has 0 aliphatic carbocycles. The molecule has 5 aromatic rings. The fourth-order valence-corrected chi connectivity index (χ4v) is 4.02. The van der Waals surface area contributed by atoms with E-state index in [4.69, 9.17) is 0 Å². The Morgan fingerprint density at radius 2 is 1.61 bits per heavy atom. The van der Waals surface area contributed by atoms with Crippen LogP contribution in [0.5, 0.6) is 0 Å². The standard InChI is InChI=1S/C25H16N2O/c1-16-22(15-26)24-21-9-5-4-7-18(21)12-13-27(24)23(16)25(28)20-11-10-17-6-2-3-8-19(17)14-20/h2-14H,1H3. The molecular formula is C25H16N2O. The lowest BCUT2D eigenvalue weighted by Crippen LogP contribution is -2.07. The van der Waals surface area contributed by atoms with Crippen LogP contribution in [-0.2, 0) is 0 Å². The third kappa shape index (κ3) is 2.25. The molecule has 0 saturated heterocycles. The molecule has 2 aromatic heterocycles. The number of rotatable bonds is 2. The van der Waals surface area contributed by atoms with E-state index in [1.54, 1.807) is 0 Å². The summed E-state index contributed by atoms with van der Waals surface area (Å²) in [6.07, 6.45) is 1.89. The molecule has 0 unspecified atom stereocenters. The van der Waals surface area contributed by atoms with E-state index in [2.05, 4.69) is 6.07 Å². The van der Waals surface area contributed by atoms with E-state index in [0.717, 1.165) is 32.6 Å². The van der Waals surface area contributed by atoms with Crippen LogP contribution in [-0.4, -0.2) is 10.2 Å². The zero-order valence-corrected chi connectivity index (χ0v) is 15.3. The molecular weight excluding hydrogens is 344 g/mol. The molecule has 0 aliphatic rings. The van der Waals surface area contributed by atoms with Crippen molar-refractivity contribution in [1.29, 1.82) is 5.26 Å². The molecule has 3 aromatic carbocycles. The van der Waals surface area contributed by atoms with Gasteiger partial charge in [-0.25, -0.2) is 0 Å². The number of ketones is 1. The Kier molecular flexibility index (Phi) is 3.53. The maximum Gasteiger partial charge on any atom is 0.210 e. The highest BCUT2D eigenvalue weighted by atomic mass is 16.1. The van der Waals surface area contributed by atoms with Crippen LogP contribution in [0.3, 0.4) is 0 Å². The van der Waals surface area contributed by atoms with Gasteiger partial charge < -0.3 is 4.40 Å². The molecule has 3 nitrogen and oxygen atoms in total. The number of carbonyl (C=O) groups is 1. The summed E-state index contributed by atoms with van der Waals surface area (Å²) >= 11 is 0. The summed E-state index contributed by atoms with van der Waals surface area (Å²) in [5.41, 5.74) is 3.24. The number of benzene rings is 3. The van der Waals surface area contributed by atoms with Crippen molar-refractivity contribution in [1.82, 2.24) is 4.40 Å². The van der Waals surface area contributed by atoms with Gasteiger partial charge in [-0.2, -0.15) is 5.26 Å². The van der Waals surface area contributed by atoms with Crippen LogP contribution in [0.15, 0.2) is 79.0 Å². The largest absolute Gasteiger partial charge is 0.311 e. The van der Waals surface area contributed by atoms with E-state index < -0.39 is 0 Å². The molecule has 0 saturated carbocycles. The first-order valence-corrected chi connectivity index (χ1v) is 9.15. The topological polar surface area (TPSA) is 45.3 Å². The van der Waals surface area contributed by atoms with Gasteiger partial charge in [0.2, 0.25) is 5.78 Å². The van der Waals surface area contributed by atoms with Crippen LogP contribution in [0.25, 0.3) is 27.1 Å². The number of aromatic nitrogens is 1. The highest BCUT2D eigenvalue weighted by Gasteiger charge is 2.23. The maximum atomic E-state index is 13.5. The number of carbonyl (C=O) groups excluding carboxylic acids is 1. The average Bonchev–Trinajstić information content (AvgIpc) is 3.04. The van der Waals surface area contributed by atoms with Gasteiger partial charge in [-0.1, -0.05) is 60.7 Å². The second kappa shape index (κ2) is 6.07. The zero-order valence-electron chi connectivity index (χ0n) is 15.3. The Labute approximate surface area is 162 Å². The minimum Gasteiger partial charge on any atom is -0.311 e. The number of nitriles is 1. The first-order valence-electron chi connectivity index (χ1n) is 9.15. The highest BCUT2D eigenvalue weighted by molar-refractivity contribution is 6.13. The summed E-state index contributed by atoms with van der Waals surface area (Å²) in [6, 6.07) is 26.0. The van der Waals surface area contributed by atoms with Crippen LogP contribution in [0.2, 0.25) is 0 Å². The predicted octanol–water partition coefficient (Wildman–Crippen LogP) is 5.66. The number of pyridine rings is 1. The molecule has 0 spiro atoms. The summed E-state index contributed by atoms with van der Waals surface area (Å²) in [7, 11) is 0. The smallest absolute Gasteiger partial charge is 0.210 e. The number of fused-ring (bicyclic) bond motifs is 4. The molecule has 5 rings (SSSR count). The third-order valence-corrected chi connectivity index (χ3v) is 5.41. The van der Waals surface area contributed by atoms with Gasteiger partial charge in [0.15, 0.2) is 0 Å². The van der Waals surface area contributed by atoms with Gasteiger partial charge in [0.05, 0.1) is 16.8 Å². The summed E-state index contributed by atoms with van der Waals surface area (Å²) in [4.78, 5) is 13.5. The lowest BCUT2D eigenvalue weighted by Gasteiger charge is -2.07. The van der Waals surface area contributed by atoms with Crippen molar-refractivity contribution in [3.8, 4) is 6.07 Å². The van der Waals surface area contributed by atoms with Crippen molar-refractivity contribution >= 4 is 32.8 Å². The van der Waals surface area contributed by atoms with Gasteiger partial charge in [-0.05, 0) is 40.8 Å². The molecule has 3 heteroatoms. The highest BCUT2D eigenvalue weighted by Crippen LogP contribution is 2.31. The Hall–Kier alpha value is -3.90. The van der Waals surface area contributed by atoms with Crippen LogP contribution >= 0.6 is 0 Å². The zero-order chi connectivity index (χ0) is 19.3. The third-order valence-electron chi connectivity index (χ3n) is 5.41. The number of hydrogen-bond donors (Lipinski definition) is 0. The van der Waals surface area contributed by atoms with Gasteiger partial charge >= 0.3 is 0 Å². The van der Waals surface area contributed by atoms with E-state index in [1.165, 1.54) is 0 Å². The minimum atomic E-state index is -0.0740. The van der Waals surface area contributed by atoms with Gasteiger partial charge in [0.1, 0.15) is 6.07 Å². The lowest BCUT2D eigenvalue weighted by molar-refractivity contribution is 0.103. The molecule has 2 heterocycles. The second-order valence-electron chi connectivity index (χ2n) is 6.97. The first kappa shape index (κ1) is 16.3. The quantitative estimate of drug-likeness (QED) is 0.382. The van der Waals surface area contributed by atoms with E-state index in [0.29, 0.717) is 16.8 Å². The summed E-state index contributed by atoms with van der Waals surface area (Å²) in [5.74, 6) is -0.0740. The molecule has 0 radical (unpaired) electrons. The predicted molar refractivity (Wildman–Crippen MR) is 112 cm³/mol. The fourth-order valence-electron chi connectivity index (χ4n) is 4.02. The normalized spacial score (nSPS) is 11.1. The lowest BCUT2D eigenvalue weighted by atomic mass is 10.0. The molecule has 0 amide bonds. The molecule has 0 bridgehead atoms. The van der Waals surface area contributed by atoms with Gasteiger partial charge in [0.25, 0.3) is 0 Å². The second-order valence-corrected chi connectivity index (χ2v) is 6.97. The van der Waals surface area contributed by atoms with Gasteiger partial charge in [0, 0.05) is 17.1 Å². The minimum absolute atomic E-state index is 0.0740. The van der Waals surface area contributed by atoms with Crippen molar-refractivity contribution in [2.45, 2.75) is 6.92 Å². The summed E-state index contributed by atoms with van der Waals surface area (Å²) in [6.45, 7) is 1.86. The molecule has 132 valence electrons. The summed E-state index contributed by atoms with van der Waals surface area (Å²) < 4.78 is 1.87. The fraction of sp³-hybridized carbons (Fsp3) is 0.0400. The maximum absolute atomic E-state index is 13.5.